The maximum absolute atomic E-state index is 11.0. The van der Waals surface area contributed by atoms with Crippen LogP contribution in [0.1, 0.15) is 41.5 Å². The van der Waals surface area contributed by atoms with E-state index in [0.717, 1.165) is 0 Å². The molecule has 0 aromatic carbocycles. The Bertz CT molecular complexity index is 534. The molecule has 5 atom stereocenters. The molecule has 2 N–H and O–H groups in total. The highest BCUT2D eigenvalue weighted by Crippen LogP contribution is 2.32. The number of aliphatic hydroxyl groups excluding tert-OH is 2. The lowest BCUT2D eigenvalue weighted by atomic mass is 9.98. The average molecular weight is 372 g/mol. The molecule has 0 spiro atoms. The Morgan fingerprint density at radius 2 is 1.58 bits per heavy atom. The van der Waals surface area contributed by atoms with Crippen molar-refractivity contribution in [1.29, 1.82) is 0 Å². The minimum atomic E-state index is -1.09. The summed E-state index contributed by atoms with van der Waals surface area (Å²) < 4.78 is 22.8. The predicted molar refractivity (Wildman–Crippen MR) is 97.5 cm³/mol. The van der Waals surface area contributed by atoms with Crippen molar-refractivity contribution in [3.8, 4) is 0 Å². The second-order valence-corrected chi connectivity index (χ2v) is 7.25. The Hall–Kier alpha value is -1.22. The number of aliphatic hydroxyl groups is 2. The fourth-order valence-corrected chi connectivity index (χ4v) is 3.21. The molecule has 0 aromatic heterocycles. The Labute approximate surface area is 155 Å². The van der Waals surface area contributed by atoms with Crippen LogP contribution >= 0.6 is 0 Å². The third-order valence-corrected chi connectivity index (χ3v) is 4.32. The van der Waals surface area contributed by atoms with Gasteiger partial charge in [-0.1, -0.05) is 13.8 Å². The number of nitrogens with zero attached hydrogens (tertiary/aromatic N) is 2. The summed E-state index contributed by atoms with van der Waals surface area (Å²) in [7, 11) is 0. The van der Waals surface area contributed by atoms with E-state index in [4.69, 9.17) is 18.9 Å². The molecule has 1 saturated heterocycles. The van der Waals surface area contributed by atoms with Crippen LogP contribution in [0.3, 0.4) is 0 Å². The van der Waals surface area contributed by atoms with Crippen molar-refractivity contribution in [1.82, 2.24) is 0 Å². The fraction of sp³-hybridized carbons (Fsp3) is 0.889. The quantitative estimate of drug-likeness (QED) is 0.725. The van der Waals surface area contributed by atoms with Crippen molar-refractivity contribution in [2.45, 2.75) is 77.7 Å². The molecule has 2 rings (SSSR count). The third kappa shape index (κ3) is 4.54. The van der Waals surface area contributed by atoms with Gasteiger partial charge < -0.3 is 29.2 Å². The number of hydrogen-bond acceptors (Lipinski definition) is 8. The highest BCUT2D eigenvalue weighted by Gasteiger charge is 2.49. The van der Waals surface area contributed by atoms with Gasteiger partial charge in [-0.25, -0.2) is 9.98 Å². The normalized spacial score (nSPS) is 32.2. The molecule has 150 valence electrons. The average Bonchev–Trinajstić information content (AvgIpc) is 2.90. The van der Waals surface area contributed by atoms with Crippen LogP contribution in [0.25, 0.3) is 0 Å². The summed E-state index contributed by atoms with van der Waals surface area (Å²) in [6.45, 7) is 11.9. The zero-order valence-electron chi connectivity index (χ0n) is 16.5. The van der Waals surface area contributed by atoms with E-state index in [1.54, 1.807) is 13.8 Å². The molecular formula is C18H32N2O6. The third-order valence-electron chi connectivity index (χ3n) is 4.32. The van der Waals surface area contributed by atoms with E-state index in [0.29, 0.717) is 25.0 Å². The Morgan fingerprint density at radius 3 is 2.08 bits per heavy atom. The summed E-state index contributed by atoms with van der Waals surface area (Å²) >= 11 is 0. The number of rotatable bonds is 6. The molecule has 0 aromatic rings. The second kappa shape index (κ2) is 8.65. The monoisotopic (exact) mass is 372 g/mol. The predicted octanol–water partition coefficient (Wildman–Crippen LogP) is 1.14. The van der Waals surface area contributed by atoms with Gasteiger partial charge in [-0.3, -0.25) is 0 Å². The van der Waals surface area contributed by atoms with Gasteiger partial charge in [0.05, 0.1) is 19.8 Å². The van der Waals surface area contributed by atoms with Crippen molar-refractivity contribution in [3.63, 3.8) is 0 Å². The van der Waals surface area contributed by atoms with E-state index in [1.165, 1.54) is 0 Å². The van der Waals surface area contributed by atoms with Gasteiger partial charge >= 0.3 is 0 Å². The van der Waals surface area contributed by atoms with Crippen molar-refractivity contribution in [3.05, 3.63) is 0 Å². The van der Waals surface area contributed by atoms with E-state index >= 15 is 0 Å². The van der Waals surface area contributed by atoms with Crippen LogP contribution in [0, 0.1) is 5.92 Å². The van der Waals surface area contributed by atoms with Gasteiger partial charge in [0.15, 0.2) is 11.8 Å². The Balaban J connectivity index is 2.32. The number of aliphatic imine (C=N–C) groups is 2. The van der Waals surface area contributed by atoms with Crippen LogP contribution < -0.4 is 0 Å². The van der Waals surface area contributed by atoms with Crippen LogP contribution in [0.15, 0.2) is 9.98 Å². The summed E-state index contributed by atoms with van der Waals surface area (Å²) in [5, 5.41) is 20.6. The van der Waals surface area contributed by atoms with Gasteiger partial charge in [0.25, 0.3) is 0 Å². The molecule has 2 aliphatic heterocycles. The second-order valence-electron chi connectivity index (χ2n) is 7.25. The first-order valence-electron chi connectivity index (χ1n) is 9.29. The van der Waals surface area contributed by atoms with Crippen LogP contribution in [-0.4, -0.2) is 78.0 Å². The van der Waals surface area contributed by atoms with Gasteiger partial charge in [-0.2, -0.15) is 0 Å². The van der Waals surface area contributed by atoms with Crippen LogP contribution in [0.4, 0.5) is 0 Å². The number of hydrogen-bond donors (Lipinski definition) is 2. The van der Waals surface area contributed by atoms with Gasteiger partial charge in [0.1, 0.15) is 24.4 Å². The molecule has 2 aliphatic rings. The highest BCUT2D eigenvalue weighted by atomic mass is 16.8. The zero-order valence-corrected chi connectivity index (χ0v) is 16.5. The molecule has 0 bridgehead atoms. The minimum absolute atomic E-state index is 0.170. The summed E-state index contributed by atoms with van der Waals surface area (Å²) in [4.78, 5) is 9.26. The summed E-state index contributed by atoms with van der Waals surface area (Å²) in [5.74, 6) is 0.105. The molecule has 0 amide bonds. The van der Waals surface area contributed by atoms with Crippen LogP contribution in [-0.2, 0) is 18.9 Å². The van der Waals surface area contributed by atoms with E-state index < -0.39 is 30.1 Å². The molecule has 2 heterocycles. The zero-order chi connectivity index (χ0) is 19.5. The minimum Gasteiger partial charge on any atom is -0.480 e. The maximum Gasteiger partial charge on any atom is 0.212 e. The summed E-state index contributed by atoms with van der Waals surface area (Å²) in [6, 6.07) is -1.03. The summed E-state index contributed by atoms with van der Waals surface area (Å²) in [6.07, 6.45) is -2.51. The highest BCUT2D eigenvalue weighted by molar-refractivity contribution is 5.94. The van der Waals surface area contributed by atoms with E-state index in [-0.39, 0.29) is 18.6 Å². The fourth-order valence-electron chi connectivity index (χ4n) is 3.21. The molecule has 1 fully saturated rings. The van der Waals surface area contributed by atoms with E-state index in [9.17, 15) is 10.2 Å². The van der Waals surface area contributed by atoms with Crippen molar-refractivity contribution in [2.75, 3.05) is 19.8 Å². The van der Waals surface area contributed by atoms with Crippen molar-refractivity contribution >= 4 is 11.8 Å². The maximum atomic E-state index is 11.0. The lowest BCUT2D eigenvalue weighted by molar-refractivity contribution is -0.157. The Morgan fingerprint density at radius 1 is 1.04 bits per heavy atom. The van der Waals surface area contributed by atoms with Crippen molar-refractivity contribution < 1.29 is 29.2 Å². The molecule has 8 heteroatoms. The standard InChI is InChI=1S/C18H32N2O6/c1-7-23-16-12(10(3)4)19-17(24-8-2)13(20-16)14(22)15-11(9-21)25-18(5,6)26-15/h10-15,21-22H,7-9H2,1-6H3/t11-,12+,13-,14+,15-/m0/s1. The molecule has 0 radical (unpaired) electrons. The SMILES string of the molecule is CCOC1=N[C@H](C(C)C)C(OCC)=N[C@H]1[C@@H](O)[C@H]1OC(C)(C)O[C@H]1CO. The lowest BCUT2D eigenvalue weighted by Crippen LogP contribution is -2.50. The molecule has 26 heavy (non-hydrogen) atoms. The van der Waals surface area contributed by atoms with Crippen LogP contribution in [0.5, 0.6) is 0 Å². The molecule has 8 nitrogen and oxygen atoms in total. The smallest absolute Gasteiger partial charge is 0.212 e. The van der Waals surface area contributed by atoms with Gasteiger partial charge in [0.2, 0.25) is 11.8 Å². The largest absolute Gasteiger partial charge is 0.480 e. The lowest BCUT2D eigenvalue weighted by Gasteiger charge is -2.32. The van der Waals surface area contributed by atoms with E-state index in [2.05, 4.69) is 9.98 Å². The molecule has 0 aliphatic carbocycles. The topological polar surface area (TPSA) is 102 Å². The van der Waals surface area contributed by atoms with E-state index in [1.807, 2.05) is 27.7 Å². The first-order valence-corrected chi connectivity index (χ1v) is 9.29. The van der Waals surface area contributed by atoms with Crippen molar-refractivity contribution in [2.24, 2.45) is 15.9 Å². The first-order chi connectivity index (χ1) is 12.2. The first kappa shape index (κ1) is 21.1. The van der Waals surface area contributed by atoms with Gasteiger partial charge in [-0.15, -0.1) is 0 Å². The van der Waals surface area contributed by atoms with Gasteiger partial charge in [-0.05, 0) is 33.6 Å². The Kier molecular flexibility index (Phi) is 7.01. The summed E-state index contributed by atoms with van der Waals surface area (Å²) in [5.41, 5.74) is 0. The molecular weight excluding hydrogens is 340 g/mol. The molecule has 0 unspecified atom stereocenters. The van der Waals surface area contributed by atoms with Gasteiger partial charge in [0, 0.05) is 0 Å². The van der Waals surface area contributed by atoms with Crippen LogP contribution in [0.2, 0.25) is 0 Å². The molecule has 0 saturated carbocycles. The number of ether oxygens (including phenoxy) is 4.